The van der Waals surface area contributed by atoms with Crippen molar-refractivity contribution in [2.24, 2.45) is 0 Å². The Morgan fingerprint density at radius 2 is 1.88 bits per heavy atom. The maximum Gasteiger partial charge on any atom is 0.251 e. The van der Waals surface area contributed by atoms with Crippen molar-refractivity contribution in [1.82, 2.24) is 20.6 Å². The summed E-state index contributed by atoms with van der Waals surface area (Å²) in [5.41, 5.74) is 3.59. The first-order valence-electron chi connectivity index (χ1n) is 8.17. The predicted octanol–water partition coefficient (Wildman–Crippen LogP) is 1.96. The summed E-state index contributed by atoms with van der Waals surface area (Å²) in [5.74, 6) is 0.424. The molecule has 0 spiro atoms. The summed E-state index contributed by atoms with van der Waals surface area (Å²) >= 11 is 0. The maximum atomic E-state index is 11.9. The minimum Gasteiger partial charge on any atom is -0.354 e. The molecule has 3 N–H and O–H groups in total. The number of aromatic amines is 1. The quantitative estimate of drug-likeness (QED) is 0.643. The Morgan fingerprint density at radius 1 is 1.08 bits per heavy atom. The van der Waals surface area contributed by atoms with Crippen molar-refractivity contribution in [3.63, 3.8) is 0 Å². The van der Waals surface area contributed by atoms with Gasteiger partial charge in [-0.3, -0.25) is 9.59 Å². The molecule has 0 atom stereocenters. The van der Waals surface area contributed by atoms with E-state index in [9.17, 15) is 9.59 Å². The summed E-state index contributed by atoms with van der Waals surface area (Å²) in [6.45, 7) is 2.40. The molecule has 0 unspecified atom stereocenters. The second kappa shape index (κ2) is 7.61. The molecule has 0 aliphatic heterocycles. The van der Waals surface area contributed by atoms with Crippen molar-refractivity contribution in [1.29, 1.82) is 0 Å². The van der Waals surface area contributed by atoms with Gasteiger partial charge in [-0.1, -0.05) is 24.3 Å². The normalized spacial score (nSPS) is 10.6. The zero-order valence-electron chi connectivity index (χ0n) is 14.0. The van der Waals surface area contributed by atoms with E-state index >= 15 is 0 Å². The Hall–Kier alpha value is -3.15. The predicted molar refractivity (Wildman–Crippen MR) is 96.3 cm³/mol. The van der Waals surface area contributed by atoms with Crippen molar-refractivity contribution in [3.05, 3.63) is 65.5 Å². The third kappa shape index (κ3) is 4.44. The standard InChI is InChI=1S/C19H20N4O2/c1-13-22-16-8-7-14(11-17(16)23-13)9-10-20-18(24)12-21-19(25)15-5-3-2-4-6-15/h2-8,11H,9-10,12H2,1H3,(H,20,24)(H,21,25)(H,22,23). The van der Waals surface area contributed by atoms with Gasteiger partial charge in [-0.05, 0) is 43.2 Å². The Bertz CT molecular complexity index is 887. The number of fused-ring (bicyclic) bond motifs is 1. The number of H-pyrrole nitrogens is 1. The van der Waals surface area contributed by atoms with Crippen LogP contribution in [0.5, 0.6) is 0 Å². The number of nitrogens with one attached hydrogen (secondary N) is 3. The number of hydrogen-bond acceptors (Lipinski definition) is 3. The van der Waals surface area contributed by atoms with Crippen LogP contribution >= 0.6 is 0 Å². The fraction of sp³-hybridized carbons (Fsp3) is 0.211. The van der Waals surface area contributed by atoms with Crippen LogP contribution in [0, 0.1) is 6.92 Å². The highest BCUT2D eigenvalue weighted by atomic mass is 16.2. The van der Waals surface area contributed by atoms with E-state index in [-0.39, 0.29) is 18.4 Å². The molecule has 1 aromatic heterocycles. The molecule has 25 heavy (non-hydrogen) atoms. The Morgan fingerprint density at radius 3 is 2.68 bits per heavy atom. The van der Waals surface area contributed by atoms with E-state index in [4.69, 9.17) is 0 Å². The summed E-state index contributed by atoms with van der Waals surface area (Å²) in [4.78, 5) is 31.3. The maximum absolute atomic E-state index is 11.9. The number of nitrogens with zero attached hydrogens (tertiary/aromatic N) is 1. The molecule has 128 valence electrons. The lowest BCUT2D eigenvalue weighted by Gasteiger charge is -2.07. The van der Waals surface area contributed by atoms with Gasteiger partial charge in [-0.25, -0.2) is 4.98 Å². The van der Waals surface area contributed by atoms with Crippen LogP contribution in [0.3, 0.4) is 0 Å². The molecule has 0 saturated heterocycles. The molecule has 0 radical (unpaired) electrons. The molecule has 2 amide bonds. The Labute approximate surface area is 145 Å². The number of amides is 2. The zero-order valence-corrected chi connectivity index (χ0v) is 14.0. The smallest absolute Gasteiger partial charge is 0.251 e. The van der Waals surface area contributed by atoms with Gasteiger partial charge < -0.3 is 15.6 Å². The molecule has 0 fully saturated rings. The fourth-order valence-electron chi connectivity index (χ4n) is 2.60. The summed E-state index contributed by atoms with van der Waals surface area (Å²) < 4.78 is 0. The monoisotopic (exact) mass is 336 g/mol. The third-order valence-corrected chi connectivity index (χ3v) is 3.85. The van der Waals surface area contributed by atoms with Gasteiger partial charge in [0.1, 0.15) is 5.82 Å². The van der Waals surface area contributed by atoms with Crippen LogP contribution in [0.25, 0.3) is 11.0 Å². The highest BCUT2D eigenvalue weighted by Gasteiger charge is 2.07. The number of hydrogen-bond donors (Lipinski definition) is 3. The number of rotatable bonds is 6. The number of aromatic nitrogens is 2. The van der Waals surface area contributed by atoms with Gasteiger partial charge >= 0.3 is 0 Å². The lowest BCUT2D eigenvalue weighted by Crippen LogP contribution is -2.37. The average molecular weight is 336 g/mol. The number of imidazole rings is 1. The van der Waals surface area contributed by atoms with E-state index in [2.05, 4.69) is 20.6 Å². The van der Waals surface area contributed by atoms with Crippen molar-refractivity contribution >= 4 is 22.8 Å². The molecule has 1 heterocycles. The molecule has 6 heteroatoms. The van der Waals surface area contributed by atoms with Gasteiger partial charge in [0.05, 0.1) is 17.6 Å². The van der Waals surface area contributed by atoms with Crippen LogP contribution in [-0.4, -0.2) is 34.9 Å². The van der Waals surface area contributed by atoms with Crippen LogP contribution in [-0.2, 0) is 11.2 Å². The van der Waals surface area contributed by atoms with E-state index in [0.717, 1.165) is 22.4 Å². The molecule has 2 aromatic carbocycles. The summed E-state index contributed by atoms with van der Waals surface area (Å²) in [6.07, 6.45) is 0.715. The van der Waals surface area contributed by atoms with E-state index in [1.54, 1.807) is 24.3 Å². The third-order valence-electron chi connectivity index (χ3n) is 3.85. The van der Waals surface area contributed by atoms with Crippen molar-refractivity contribution in [2.45, 2.75) is 13.3 Å². The summed E-state index contributed by atoms with van der Waals surface area (Å²) in [5, 5.41) is 5.42. The van der Waals surface area contributed by atoms with Gasteiger partial charge in [0.25, 0.3) is 5.91 Å². The summed E-state index contributed by atoms with van der Waals surface area (Å²) in [7, 11) is 0. The van der Waals surface area contributed by atoms with Gasteiger partial charge in [-0.15, -0.1) is 0 Å². The summed E-state index contributed by atoms with van der Waals surface area (Å²) in [6, 6.07) is 14.8. The van der Waals surface area contributed by atoms with E-state index in [0.29, 0.717) is 18.5 Å². The number of benzene rings is 2. The number of carbonyl (C=O) groups excluding carboxylic acids is 2. The van der Waals surface area contributed by atoms with Crippen molar-refractivity contribution < 1.29 is 9.59 Å². The molecular formula is C19H20N4O2. The van der Waals surface area contributed by atoms with Gasteiger partial charge in [0.2, 0.25) is 5.91 Å². The Balaban J connectivity index is 1.43. The average Bonchev–Trinajstić information content (AvgIpc) is 2.99. The molecule has 0 saturated carbocycles. The van der Waals surface area contributed by atoms with Crippen LogP contribution in [0.4, 0.5) is 0 Å². The second-order valence-electron chi connectivity index (χ2n) is 5.82. The largest absolute Gasteiger partial charge is 0.354 e. The molecular weight excluding hydrogens is 316 g/mol. The Kier molecular flexibility index (Phi) is 5.09. The first-order chi connectivity index (χ1) is 12.1. The van der Waals surface area contributed by atoms with Crippen LogP contribution in [0.2, 0.25) is 0 Å². The van der Waals surface area contributed by atoms with Gasteiger partial charge in [0, 0.05) is 12.1 Å². The molecule has 0 bridgehead atoms. The molecule has 0 aliphatic rings. The second-order valence-corrected chi connectivity index (χ2v) is 5.82. The van der Waals surface area contributed by atoms with Crippen LogP contribution < -0.4 is 10.6 Å². The first kappa shape index (κ1) is 16.7. The number of aryl methyl sites for hydroxylation is 1. The molecule has 3 aromatic rings. The van der Waals surface area contributed by atoms with Crippen molar-refractivity contribution in [2.75, 3.05) is 13.1 Å². The van der Waals surface area contributed by atoms with E-state index < -0.39 is 0 Å². The topological polar surface area (TPSA) is 86.9 Å². The SMILES string of the molecule is Cc1nc2ccc(CCNC(=O)CNC(=O)c3ccccc3)cc2[nH]1. The first-order valence-corrected chi connectivity index (χ1v) is 8.17. The van der Waals surface area contributed by atoms with Gasteiger partial charge in [-0.2, -0.15) is 0 Å². The molecule has 3 rings (SSSR count). The lowest BCUT2D eigenvalue weighted by molar-refractivity contribution is -0.120. The van der Waals surface area contributed by atoms with Crippen LogP contribution in [0.1, 0.15) is 21.7 Å². The highest BCUT2D eigenvalue weighted by Crippen LogP contribution is 2.13. The minimum absolute atomic E-state index is 0.0352. The molecule has 6 nitrogen and oxygen atoms in total. The van der Waals surface area contributed by atoms with E-state index in [1.807, 2.05) is 31.2 Å². The zero-order chi connectivity index (χ0) is 17.6. The van der Waals surface area contributed by atoms with Gasteiger partial charge in [0.15, 0.2) is 0 Å². The van der Waals surface area contributed by atoms with E-state index in [1.165, 1.54) is 0 Å². The fourth-order valence-corrected chi connectivity index (χ4v) is 2.60. The molecule has 0 aliphatic carbocycles. The van der Waals surface area contributed by atoms with Crippen molar-refractivity contribution in [3.8, 4) is 0 Å². The number of carbonyl (C=O) groups is 2. The van der Waals surface area contributed by atoms with Crippen LogP contribution in [0.15, 0.2) is 48.5 Å². The lowest BCUT2D eigenvalue weighted by atomic mass is 10.1. The minimum atomic E-state index is -0.254. The highest BCUT2D eigenvalue weighted by molar-refractivity contribution is 5.96.